The van der Waals surface area contributed by atoms with Gasteiger partial charge in [0.15, 0.2) is 0 Å². The molecule has 2 aliphatic rings. The number of hydrogen-bond acceptors (Lipinski definition) is 2. The third-order valence-corrected chi connectivity index (χ3v) is 4.08. The number of nitrogens with two attached hydrogens (primary N) is 1. The van der Waals surface area contributed by atoms with Gasteiger partial charge in [0.25, 0.3) is 0 Å². The summed E-state index contributed by atoms with van der Waals surface area (Å²) in [6.45, 7) is 4.48. The summed E-state index contributed by atoms with van der Waals surface area (Å²) in [6, 6.07) is 1.58. The van der Waals surface area contributed by atoms with Crippen molar-refractivity contribution in [1.29, 1.82) is 0 Å². The van der Waals surface area contributed by atoms with Crippen LogP contribution in [0.5, 0.6) is 0 Å². The van der Waals surface area contributed by atoms with Gasteiger partial charge in [-0.15, -0.1) is 0 Å². The van der Waals surface area contributed by atoms with Crippen LogP contribution in [-0.4, -0.2) is 30.1 Å². The number of unbranched alkanes of at least 4 members (excludes halogenated alkanes) is 1. The van der Waals surface area contributed by atoms with Gasteiger partial charge in [-0.25, -0.2) is 0 Å². The quantitative estimate of drug-likeness (QED) is 0.728. The number of nitrogens with zero attached hydrogens (tertiary/aromatic N) is 1. The Morgan fingerprint density at radius 2 is 2.29 bits per heavy atom. The number of likely N-dealkylation sites (tertiary alicyclic amines) is 1. The molecule has 3 unspecified atom stereocenters. The largest absolute Gasteiger partial charge is 0.329 e. The van der Waals surface area contributed by atoms with Gasteiger partial charge < -0.3 is 5.73 Å². The molecule has 0 radical (unpaired) electrons. The minimum Gasteiger partial charge on any atom is -0.329 e. The lowest BCUT2D eigenvalue weighted by Crippen LogP contribution is -2.45. The van der Waals surface area contributed by atoms with Crippen molar-refractivity contribution in [2.45, 2.75) is 57.5 Å². The van der Waals surface area contributed by atoms with Crippen molar-refractivity contribution in [2.24, 2.45) is 11.7 Å². The van der Waals surface area contributed by atoms with Crippen molar-refractivity contribution in [3.8, 4) is 0 Å². The smallest absolute Gasteiger partial charge is 0.0221 e. The summed E-state index contributed by atoms with van der Waals surface area (Å²) >= 11 is 0. The van der Waals surface area contributed by atoms with Gasteiger partial charge >= 0.3 is 0 Å². The molecule has 0 aromatic rings. The lowest BCUT2D eigenvalue weighted by Gasteiger charge is -2.34. The Hall–Kier alpha value is -0.0800. The summed E-state index contributed by atoms with van der Waals surface area (Å²) in [4.78, 5) is 2.71. The summed E-state index contributed by atoms with van der Waals surface area (Å²) in [5.74, 6) is 1.01. The molecular formula is C12H24N2. The summed E-state index contributed by atoms with van der Waals surface area (Å²) < 4.78 is 0. The molecule has 2 bridgehead atoms. The minimum atomic E-state index is 0.685. The van der Waals surface area contributed by atoms with Crippen LogP contribution in [0.3, 0.4) is 0 Å². The molecule has 1 aliphatic carbocycles. The number of piperidine rings is 1. The maximum Gasteiger partial charge on any atom is 0.0221 e. The Morgan fingerprint density at radius 3 is 2.79 bits per heavy atom. The van der Waals surface area contributed by atoms with Crippen LogP contribution in [0.4, 0.5) is 0 Å². The first kappa shape index (κ1) is 10.4. The van der Waals surface area contributed by atoms with E-state index in [1.165, 1.54) is 45.1 Å². The monoisotopic (exact) mass is 196 g/mol. The average molecular weight is 196 g/mol. The van der Waals surface area contributed by atoms with E-state index in [1.54, 1.807) is 0 Å². The molecule has 1 saturated heterocycles. The molecule has 2 heteroatoms. The molecule has 0 aromatic carbocycles. The number of rotatable bonds is 5. The van der Waals surface area contributed by atoms with Gasteiger partial charge in [0.05, 0.1) is 0 Å². The van der Waals surface area contributed by atoms with E-state index in [9.17, 15) is 0 Å². The molecular weight excluding hydrogens is 172 g/mol. The Balaban J connectivity index is 1.85. The molecule has 14 heavy (non-hydrogen) atoms. The first-order chi connectivity index (χ1) is 6.85. The maximum absolute atomic E-state index is 5.88. The number of fused-ring (bicyclic) bond motifs is 2. The fourth-order valence-electron chi connectivity index (χ4n) is 3.27. The Bertz CT molecular complexity index is 181. The van der Waals surface area contributed by atoms with Crippen molar-refractivity contribution in [1.82, 2.24) is 4.90 Å². The van der Waals surface area contributed by atoms with Gasteiger partial charge in [-0.05, 0) is 31.6 Å². The lowest BCUT2D eigenvalue weighted by atomic mass is 10.0. The van der Waals surface area contributed by atoms with Gasteiger partial charge in [0.2, 0.25) is 0 Å². The van der Waals surface area contributed by atoms with E-state index in [0.717, 1.165) is 18.5 Å². The maximum atomic E-state index is 5.88. The summed E-state index contributed by atoms with van der Waals surface area (Å²) in [5, 5.41) is 0. The van der Waals surface area contributed by atoms with Gasteiger partial charge in [0, 0.05) is 25.2 Å². The molecule has 82 valence electrons. The predicted molar refractivity (Wildman–Crippen MR) is 60.2 cm³/mol. The van der Waals surface area contributed by atoms with Gasteiger partial charge in [-0.1, -0.05) is 19.8 Å². The first-order valence-corrected chi connectivity index (χ1v) is 6.31. The van der Waals surface area contributed by atoms with Crippen molar-refractivity contribution >= 4 is 0 Å². The SMILES string of the molecule is CCCCC(CN)N1CC2CCC1C2. The second-order valence-corrected chi connectivity index (χ2v) is 5.06. The van der Waals surface area contributed by atoms with Gasteiger partial charge in [-0.3, -0.25) is 4.90 Å². The molecule has 0 aromatic heterocycles. The average Bonchev–Trinajstić information content (AvgIpc) is 2.80. The zero-order valence-electron chi connectivity index (χ0n) is 9.41. The first-order valence-electron chi connectivity index (χ1n) is 6.31. The molecule has 2 N–H and O–H groups in total. The molecule has 2 nitrogen and oxygen atoms in total. The van der Waals surface area contributed by atoms with Crippen LogP contribution < -0.4 is 5.73 Å². The van der Waals surface area contributed by atoms with Crippen molar-refractivity contribution in [3.05, 3.63) is 0 Å². The Morgan fingerprint density at radius 1 is 1.43 bits per heavy atom. The van der Waals surface area contributed by atoms with Crippen LogP contribution in [0.2, 0.25) is 0 Å². The fraction of sp³-hybridized carbons (Fsp3) is 1.00. The van der Waals surface area contributed by atoms with Crippen LogP contribution in [0.25, 0.3) is 0 Å². The zero-order chi connectivity index (χ0) is 9.97. The molecule has 2 fully saturated rings. The van der Waals surface area contributed by atoms with Gasteiger partial charge in [0.1, 0.15) is 0 Å². The fourth-order valence-corrected chi connectivity index (χ4v) is 3.27. The molecule has 1 aliphatic heterocycles. The highest BCUT2D eigenvalue weighted by atomic mass is 15.2. The van der Waals surface area contributed by atoms with E-state index >= 15 is 0 Å². The molecule has 0 spiro atoms. The molecule has 3 atom stereocenters. The van der Waals surface area contributed by atoms with Crippen molar-refractivity contribution in [3.63, 3.8) is 0 Å². The normalized spacial score (nSPS) is 33.9. The lowest BCUT2D eigenvalue weighted by molar-refractivity contribution is 0.143. The second-order valence-electron chi connectivity index (χ2n) is 5.06. The van der Waals surface area contributed by atoms with Crippen LogP contribution in [0.1, 0.15) is 45.4 Å². The van der Waals surface area contributed by atoms with Crippen LogP contribution >= 0.6 is 0 Å². The summed E-state index contributed by atoms with van der Waals surface area (Å²) in [7, 11) is 0. The van der Waals surface area contributed by atoms with E-state index in [2.05, 4.69) is 11.8 Å². The molecule has 2 rings (SSSR count). The van der Waals surface area contributed by atoms with Crippen LogP contribution in [0.15, 0.2) is 0 Å². The van der Waals surface area contributed by atoms with Crippen molar-refractivity contribution < 1.29 is 0 Å². The van der Waals surface area contributed by atoms with E-state index in [4.69, 9.17) is 5.73 Å². The van der Waals surface area contributed by atoms with Crippen LogP contribution in [0, 0.1) is 5.92 Å². The predicted octanol–water partition coefficient (Wildman–Crippen LogP) is 1.99. The molecule has 1 heterocycles. The zero-order valence-corrected chi connectivity index (χ0v) is 9.41. The second kappa shape index (κ2) is 4.63. The van der Waals surface area contributed by atoms with E-state index in [0.29, 0.717) is 6.04 Å². The highest BCUT2D eigenvalue weighted by Gasteiger charge is 2.40. The van der Waals surface area contributed by atoms with Crippen LogP contribution in [-0.2, 0) is 0 Å². The van der Waals surface area contributed by atoms with E-state index in [1.807, 2.05) is 0 Å². The van der Waals surface area contributed by atoms with Gasteiger partial charge in [-0.2, -0.15) is 0 Å². The minimum absolute atomic E-state index is 0.685. The Labute approximate surface area is 87.8 Å². The van der Waals surface area contributed by atoms with E-state index < -0.39 is 0 Å². The highest BCUT2D eigenvalue weighted by molar-refractivity contribution is 4.95. The van der Waals surface area contributed by atoms with Crippen molar-refractivity contribution in [2.75, 3.05) is 13.1 Å². The highest BCUT2D eigenvalue weighted by Crippen LogP contribution is 2.38. The molecule has 1 saturated carbocycles. The van der Waals surface area contributed by atoms with E-state index in [-0.39, 0.29) is 0 Å². The Kier molecular flexibility index (Phi) is 3.45. The standard InChI is InChI=1S/C12H24N2/c1-2-3-4-12(8-13)14-9-10-5-6-11(14)7-10/h10-12H,2-9,13H2,1H3. The third kappa shape index (κ3) is 1.96. The summed E-state index contributed by atoms with van der Waals surface area (Å²) in [6.07, 6.45) is 8.34. The topological polar surface area (TPSA) is 29.3 Å². The molecule has 0 amide bonds. The third-order valence-electron chi connectivity index (χ3n) is 4.08. The number of hydrogen-bond donors (Lipinski definition) is 1. The summed E-state index contributed by atoms with van der Waals surface area (Å²) in [5.41, 5.74) is 5.88.